The third-order valence-corrected chi connectivity index (χ3v) is 3.89. The van der Waals surface area contributed by atoms with Crippen LogP contribution in [0, 0.1) is 6.92 Å². The first-order valence-corrected chi connectivity index (χ1v) is 8.37. The second-order valence-corrected chi connectivity index (χ2v) is 6.08. The fraction of sp³-hybridized carbons (Fsp3) is 0.421. The highest BCUT2D eigenvalue weighted by molar-refractivity contribution is 5.92. The van der Waals surface area contributed by atoms with Crippen LogP contribution in [0.1, 0.15) is 41.6 Å². The van der Waals surface area contributed by atoms with Gasteiger partial charge in [-0.2, -0.15) is 0 Å². The fourth-order valence-electron chi connectivity index (χ4n) is 2.49. The Morgan fingerprint density at radius 3 is 2.50 bits per heavy atom. The van der Waals surface area contributed by atoms with Gasteiger partial charge in [-0.15, -0.1) is 0 Å². The Kier molecular flexibility index (Phi) is 6.29. The first-order valence-electron chi connectivity index (χ1n) is 8.37. The summed E-state index contributed by atoms with van der Waals surface area (Å²) in [7, 11) is 3.80. The Labute approximate surface area is 144 Å². The van der Waals surface area contributed by atoms with E-state index in [9.17, 15) is 4.79 Å². The van der Waals surface area contributed by atoms with Crippen LogP contribution in [0.2, 0.25) is 0 Å². The van der Waals surface area contributed by atoms with Crippen LogP contribution in [0.5, 0.6) is 0 Å². The summed E-state index contributed by atoms with van der Waals surface area (Å²) in [6.45, 7) is 5.41. The van der Waals surface area contributed by atoms with Crippen LogP contribution in [0.15, 0.2) is 36.4 Å². The molecule has 0 N–H and O–H groups in total. The van der Waals surface area contributed by atoms with E-state index in [0.29, 0.717) is 11.5 Å². The molecule has 1 heterocycles. The van der Waals surface area contributed by atoms with Crippen molar-refractivity contribution in [1.82, 2.24) is 14.9 Å². The lowest BCUT2D eigenvalue weighted by atomic mass is 10.2. The molecule has 0 aliphatic carbocycles. The smallest absolute Gasteiger partial charge is 0.272 e. The summed E-state index contributed by atoms with van der Waals surface area (Å²) in [4.78, 5) is 25.1. The number of aryl methyl sites for hydroxylation is 1. The topological polar surface area (TPSA) is 49.3 Å². The number of rotatable bonds is 7. The molecule has 1 amide bonds. The number of hydrogen-bond donors (Lipinski definition) is 0. The molecule has 0 aliphatic heterocycles. The summed E-state index contributed by atoms with van der Waals surface area (Å²) in [5.74, 6) is 1.32. The Hall–Kier alpha value is -2.43. The fourth-order valence-corrected chi connectivity index (χ4v) is 2.49. The van der Waals surface area contributed by atoms with E-state index in [-0.39, 0.29) is 5.91 Å². The van der Waals surface area contributed by atoms with Gasteiger partial charge in [0, 0.05) is 33.3 Å². The number of nitrogens with zero attached hydrogens (tertiary/aromatic N) is 4. The van der Waals surface area contributed by atoms with Crippen molar-refractivity contribution in [1.29, 1.82) is 0 Å². The van der Waals surface area contributed by atoms with Gasteiger partial charge < -0.3 is 9.80 Å². The van der Waals surface area contributed by atoms with Gasteiger partial charge in [0.25, 0.3) is 5.91 Å². The maximum Gasteiger partial charge on any atom is 0.272 e. The summed E-state index contributed by atoms with van der Waals surface area (Å²) >= 11 is 0. The zero-order valence-electron chi connectivity index (χ0n) is 15.0. The second-order valence-electron chi connectivity index (χ2n) is 6.08. The van der Waals surface area contributed by atoms with Gasteiger partial charge >= 0.3 is 0 Å². The van der Waals surface area contributed by atoms with Gasteiger partial charge in [-0.1, -0.05) is 43.7 Å². The highest BCUT2D eigenvalue weighted by Gasteiger charge is 2.16. The third-order valence-electron chi connectivity index (χ3n) is 3.89. The van der Waals surface area contributed by atoms with Crippen LogP contribution in [0.3, 0.4) is 0 Å². The molecule has 2 aromatic rings. The van der Waals surface area contributed by atoms with E-state index in [1.54, 1.807) is 11.0 Å². The predicted molar refractivity (Wildman–Crippen MR) is 97.2 cm³/mol. The largest absolute Gasteiger partial charge is 0.355 e. The summed E-state index contributed by atoms with van der Waals surface area (Å²) < 4.78 is 0. The first kappa shape index (κ1) is 17.9. The number of carbonyl (C=O) groups excluding carboxylic acids is 1. The van der Waals surface area contributed by atoms with Crippen molar-refractivity contribution in [2.45, 2.75) is 33.2 Å². The third kappa shape index (κ3) is 4.78. The predicted octanol–water partition coefficient (Wildman–Crippen LogP) is 3.29. The Morgan fingerprint density at radius 1 is 1.12 bits per heavy atom. The summed E-state index contributed by atoms with van der Waals surface area (Å²) in [6, 6.07) is 12.0. The average Bonchev–Trinajstić information content (AvgIpc) is 2.59. The monoisotopic (exact) mass is 326 g/mol. The second kappa shape index (κ2) is 8.43. The average molecular weight is 326 g/mol. The summed E-state index contributed by atoms with van der Waals surface area (Å²) in [5, 5.41) is 0. The van der Waals surface area contributed by atoms with E-state index in [0.717, 1.165) is 31.7 Å². The number of amides is 1. The standard InChI is InChI=1S/C19H26N4O/c1-5-6-12-22(3)19(24)17-13-18(21-15(2)20-17)23(4)14-16-10-8-7-9-11-16/h7-11,13H,5-6,12,14H2,1-4H3. The minimum atomic E-state index is -0.0525. The van der Waals surface area contributed by atoms with Crippen molar-refractivity contribution < 1.29 is 4.79 Å². The molecule has 5 heteroatoms. The Morgan fingerprint density at radius 2 is 1.83 bits per heavy atom. The van der Waals surface area contributed by atoms with Crippen molar-refractivity contribution in [2.24, 2.45) is 0 Å². The zero-order valence-corrected chi connectivity index (χ0v) is 15.0. The number of anilines is 1. The Balaban J connectivity index is 2.17. The molecular formula is C19H26N4O. The van der Waals surface area contributed by atoms with Gasteiger partial charge in [-0.05, 0) is 18.9 Å². The highest BCUT2D eigenvalue weighted by Crippen LogP contribution is 2.15. The lowest BCUT2D eigenvalue weighted by Crippen LogP contribution is -2.29. The molecule has 0 saturated heterocycles. The maximum absolute atomic E-state index is 12.6. The lowest BCUT2D eigenvalue weighted by Gasteiger charge is -2.21. The lowest BCUT2D eigenvalue weighted by molar-refractivity contribution is 0.0787. The van der Waals surface area contributed by atoms with Gasteiger partial charge in [0.2, 0.25) is 0 Å². The molecule has 1 aromatic carbocycles. The quantitative estimate of drug-likeness (QED) is 0.783. The zero-order chi connectivity index (χ0) is 17.5. The molecule has 0 spiro atoms. The number of hydrogen-bond acceptors (Lipinski definition) is 4. The summed E-state index contributed by atoms with van der Waals surface area (Å²) in [6.07, 6.45) is 2.05. The Bertz CT molecular complexity index is 672. The molecule has 2 rings (SSSR count). The molecule has 128 valence electrons. The summed E-state index contributed by atoms with van der Waals surface area (Å²) in [5.41, 5.74) is 1.65. The van der Waals surface area contributed by atoms with Crippen molar-refractivity contribution in [3.05, 3.63) is 53.5 Å². The molecule has 0 radical (unpaired) electrons. The number of unbranched alkanes of at least 4 members (excludes halogenated alkanes) is 1. The van der Waals surface area contributed by atoms with E-state index in [4.69, 9.17) is 0 Å². The number of benzene rings is 1. The number of aromatic nitrogens is 2. The molecule has 0 unspecified atom stereocenters. The van der Waals surface area contributed by atoms with E-state index < -0.39 is 0 Å². The van der Waals surface area contributed by atoms with Gasteiger partial charge in [-0.3, -0.25) is 4.79 Å². The van der Waals surface area contributed by atoms with Gasteiger partial charge in [0.15, 0.2) is 0 Å². The normalized spacial score (nSPS) is 10.5. The van der Waals surface area contributed by atoms with Crippen LogP contribution >= 0.6 is 0 Å². The first-order chi connectivity index (χ1) is 11.5. The van der Waals surface area contributed by atoms with Crippen LogP contribution in [0.4, 0.5) is 5.82 Å². The van der Waals surface area contributed by atoms with Gasteiger partial charge in [0.1, 0.15) is 17.3 Å². The van der Waals surface area contributed by atoms with Crippen molar-refractivity contribution in [2.75, 3.05) is 25.5 Å². The minimum absolute atomic E-state index is 0.0525. The molecule has 1 aromatic heterocycles. The van der Waals surface area contributed by atoms with Crippen molar-refractivity contribution >= 4 is 11.7 Å². The molecule has 5 nitrogen and oxygen atoms in total. The molecular weight excluding hydrogens is 300 g/mol. The molecule has 0 aliphatic rings. The van der Waals surface area contributed by atoms with Crippen LogP contribution in [-0.2, 0) is 6.54 Å². The molecule has 0 atom stereocenters. The van der Waals surface area contributed by atoms with E-state index in [1.807, 2.05) is 44.1 Å². The molecule has 24 heavy (non-hydrogen) atoms. The molecule has 0 saturated carbocycles. The van der Waals surface area contributed by atoms with Crippen LogP contribution in [-0.4, -0.2) is 41.4 Å². The van der Waals surface area contributed by atoms with Gasteiger partial charge in [0.05, 0.1) is 0 Å². The maximum atomic E-state index is 12.6. The van der Waals surface area contributed by atoms with Gasteiger partial charge in [-0.25, -0.2) is 9.97 Å². The number of carbonyl (C=O) groups is 1. The minimum Gasteiger partial charge on any atom is -0.355 e. The van der Waals surface area contributed by atoms with E-state index in [2.05, 4.69) is 29.0 Å². The SMILES string of the molecule is CCCCN(C)C(=O)c1cc(N(C)Cc2ccccc2)nc(C)n1. The van der Waals surface area contributed by atoms with Crippen LogP contribution < -0.4 is 4.90 Å². The molecule has 0 fully saturated rings. The van der Waals surface area contributed by atoms with Crippen molar-refractivity contribution in [3.63, 3.8) is 0 Å². The van der Waals surface area contributed by atoms with Crippen LogP contribution in [0.25, 0.3) is 0 Å². The highest BCUT2D eigenvalue weighted by atomic mass is 16.2. The van der Waals surface area contributed by atoms with Crippen molar-refractivity contribution in [3.8, 4) is 0 Å². The molecule has 0 bridgehead atoms. The van der Waals surface area contributed by atoms with E-state index in [1.165, 1.54) is 5.56 Å². The van der Waals surface area contributed by atoms with E-state index >= 15 is 0 Å².